The Kier molecular flexibility index (Phi) is 3.20. The molecule has 2 aromatic rings. The van der Waals surface area contributed by atoms with Crippen molar-refractivity contribution < 1.29 is 5.11 Å². The molecule has 0 aliphatic carbocycles. The van der Waals surface area contributed by atoms with Gasteiger partial charge in [0.2, 0.25) is 0 Å². The maximum Gasteiger partial charge on any atom is 0.116 e. The van der Waals surface area contributed by atoms with Gasteiger partial charge >= 0.3 is 0 Å². The fourth-order valence-corrected chi connectivity index (χ4v) is 3.01. The van der Waals surface area contributed by atoms with E-state index in [1.54, 1.807) is 6.07 Å². The molecule has 3 heteroatoms. The molecule has 0 radical (unpaired) electrons. The van der Waals surface area contributed by atoms with E-state index in [1.807, 2.05) is 36.5 Å². The van der Waals surface area contributed by atoms with Gasteiger partial charge in [0.25, 0.3) is 0 Å². The summed E-state index contributed by atoms with van der Waals surface area (Å²) in [7, 11) is 0. The lowest BCUT2D eigenvalue weighted by Crippen LogP contribution is -2.44. The summed E-state index contributed by atoms with van der Waals surface area (Å²) in [5.41, 5.74) is 4.38. The lowest BCUT2D eigenvalue weighted by atomic mass is 9.88. The highest BCUT2D eigenvalue weighted by Crippen LogP contribution is 2.40. The lowest BCUT2D eigenvalue weighted by Gasteiger charge is -2.43. The molecule has 1 aromatic heterocycles. The number of anilines is 1. The standard InChI is InChI=1S/C18H20N2O/c1-13-11-18(2,3)20(12-14-6-4-5-9-19-14)17-8-7-15(21)10-16(13)17/h4-11,21H,12H2,1-3H3. The maximum absolute atomic E-state index is 9.75. The normalized spacial score (nSPS) is 16.3. The molecule has 3 rings (SSSR count). The van der Waals surface area contributed by atoms with Crippen molar-refractivity contribution in [3.05, 3.63) is 59.9 Å². The van der Waals surface area contributed by atoms with Crippen LogP contribution in [0, 0.1) is 0 Å². The summed E-state index contributed by atoms with van der Waals surface area (Å²) in [6.45, 7) is 7.25. The molecule has 0 spiro atoms. The highest BCUT2D eigenvalue weighted by Gasteiger charge is 2.31. The fraction of sp³-hybridized carbons (Fsp3) is 0.278. The van der Waals surface area contributed by atoms with E-state index in [9.17, 15) is 5.11 Å². The first-order valence-corrected chi connectivity index (χ1v) is 7.18. The van der Waals surface area contributed by atoms with Crippen molar-refractivity contribution in [3.63, 3.8) is 0 Å². The number of aromatic hydroxyl groups is 1. The number of hydrogen-bond acceptors (Lipinski definition) is 3. The average Bonchev–Trinajstić information content (AvgIpc) is 2.44. The number of nitrogens with zero attached hydrogens (tertiary/aromatic N) is 2. The first-order chi connectivity index (χ1) is 9.97. The Bertz CT molecular complexity index is 690. The third-order valence-corrected chi connectivity index (χ3v) is 4.01. The molecular formula is C18H20N2O. The van der Waals surface area contributed by atoms with Crippen molar-refractivity contribution in [2.75, 3.05) is 4.90 Å². The van der Waals surface area contributed by atoms with Crippen molar-refractivity contribution in [1.82, 2.24) is 4.98 Å². The number of aromatic nitrogens is 1. The number of rotatable bonds is 2. The van der Waals surface area contributed by atoms with Crippen molar-refractivity contribution in [1.29, 1.82) is 0 Å². The number of phenols is 1. The molecule has 0 amide bonds. The topological polar surface area (TPSA) is 36.4 Å². The second-order valence-corrected chi connectivity index (χ2v) is 6.09. The van der Waals surface area contributed by atoms with Crippen LogP contribution in [0.3, 0.4) is 0 Å². The average molecular weight is 280 g/mol. The Morgan fingerprint density at radius 1 is 1.19 bits per heavy atom. The van der Waals surface area contributed by atoms with Crippen LogP contribution in [0.2, 0.25) is 0 Å². The molecule has 0 unspecified atom stereocenters. The minimum atomic E-state index is -0.0917. The third-order valence-electron chi connectivity index (χ3n) is 4.01. The Morgan fingerprint density at radius 3 is 2.71 bits per heavy atom. The van der Waals surface area contributed by atoms with Gasteiger partial charge in [0.05, 0.1) is 17.8 Å². The zero-order chi connectivity index (χ0) is 15.0. The molecule has 1 aliphatic heterocycles. The van der Waals surface area contributed by atoms with Crippen LogP contribution in [-0.4, -0.2) is 15.6 Å². The summed E-state index contributed by atoms with van der Waals surface area (Å²) < 4.78 is 0. The minimum absolute atomic E-state index is 0.0917. The molecule has 1 aliphatic rings. The molecular weight excluding hydrogens is 260 g/mol. The van der Waals surface area contributed by atoms with Gasteiger partial charge in [-0.3, -0.25) is 4.98 Å². The number of hydrogen-bond donors (Lipinski definition) is 1. The van der Waals surface area contributed by atoms with Gasteiger partial charge in [-0.15, -0.1) is 0 Å². The van der Waals surface area contributed by atoms with Gasteiger partial charge in [-0.2, -0.15) is 0 Å². The SMILES string of the molecule is CC1=CC(C)(C)N(Cc2ccccn2)c2ccc(O)cc21. The molecule has 0 saturated heterocycles. The van der Waals surface area contributed by atoms with E-state index in [2.05, 4.69) is 36.7 Å². The minimum Gasteiger partial charge on any atom is -0.508 e. The monoisotopic (exact) mass is 280 g/mol. The van der Waals surface area contributed by atoms with Crippen molar-refractivity contribution >= 4 is 11.3 Å². The molecule has 0 saturated carbocycles. The molecule has 2 heterocycles. The highest BCUT2D eigenvalue weighted by molar-refractivity contribution is 5.81. The van der Waals surface area contributed by atoms with E-state index < -0.39 is 0 Å². The summed E-state index contributed by atoms with van der Waals surface area (Å²) in [5.74, 6) is 0.305. The number of phenolic OH excluding ortho intramolecular Hbond substituents is 1. The van der Waals surface area contributed by atoms with E-state index in [1.165, 1.54) is 5.57 Å². The number of benzene rings is 1. The van der Waals surface area contributed by atoms with Crippen LogP contribution < -0.4 is 4.90 Å². The van der Waals surface area contributed by atoms with Gasteiger partial charge in [-0.25, -0.2) is 0 Å². The molecule has 1 aromatic carbocycles. The highest BCUT2D eigenvalue weighted by atomic mass is 16.3. The summed E-state index contributed by atoms with van der Waals surface area (Å²) >= 11 is 0. The van der Waals surface area contributed by atoms with E-state index in [0.29, 0.717) is 5.75 Å². The van der Waals surface area contributed by atoms with Crippen molar-refractivity contribution in [2.45, 2.75) is 32.9 Å². The smallest absolute Gasteiger partial charge is 0.116 e. The van der Waals surface area contributed by atoms with Gasteiger partial charge < -0.3 is 10.0 Å². The number of fused-ring (bicyclic) bond motifs is 1. The maximum atomic E-state index is 9.75. The zero-order valence-electron chi connectivity index (χ0n) is 12.7. The van der Waals surface area contributed by atoms with Gasteiger partial charge in [0, 0.05) is 17.4 Å². The fourth-order valence-electron chi connectivity index (χ4n) is 3.01. The Labute approximate surface area is 125 Å². The predicted molar refractivity (Wildman–Crippen MR) is 86.3 cm³/mol. The second-order valence-electron chi connectivity index (χ2n) is 6.09. The van der Waals surface area contributed by atoms with Crippen molar-refractivity contribution in [3.8, 4) is 5.75 Å². The zero-order valence-corrected chi connectivity index (χ0v) is 12.7. The van der Waals surface area contributed by atoms with Crippen LogP contribution in [-0.2, 0) is 6.54 Å². The van der Waals surface area contributed by atoms with Gasteiger partial charge in [-0.05, 0) is 56.7 Å². The predicted octanol–water partition coefficient (Wildman–Crippen LogP) is 3.99. The van der Waals surface area contributed by atoms with Gasteiger partial charge in [0.1, 0.15) is 5.75 Å². The molecule has 3 nitrogen and oxygen atoms in total. The van der Waals surface area contributed by atoms with E-state index in [0.717, 1.165) is 23.5 Å². The van der Waals surface area contributed by atoms with Crippen LogP contribution in [0.1, 0.15) is 32.0 Å². The van der Waals surface area contributed by atoms with Gasteiger partial charge in [0.15, 0.2) is 0 Å². The van der Waals surface area contributed by atoms with Crippen molar-refractivity contribution in [2.24, 2.45) is 0 Å². The summed E-state index contributed by atoms with van der Waals surface area (Å²) in [4.78, 5) is 6.77. The molecule has 0 atom stereocenters. The molecule has 21 heavy (non-hydrogen) atoms. The van der Waals surface area contributed by atoms with Gasteiger partial charge in [-0.1, -0.05) is 12.1 Å². The molecule has 0 bridgehead atoms. The Balaban J connectivity index is 2.07. The number of pyridine rings is 1. The number of allylic oxidation sites excluding steroid dienone is 1. The first kappa shape index (κ1) is 13.7. The lowest BCUT2D eigenvalue weighted by molar-refractivity contribution is 0.474. The molecule has 108 valence electrons. The largest absolute Gasteiger partial charge is 0.508 e. The molecule has 0 fully saturated rings. The quantitative estimate of drug-likeness (QED) is 0.903. The van der Waals surface area contributed by atoms with E-state index >= 15 is 0 Å². The summed E-state index contributed by atoms with van der Waals surface area (Å²) in [5, 5.41) is 9.75. The third kappa shape index (κ3) is 2.51. The van der Waals surface area contributed by atoms with Crippen LogP contribution in [0.4, 0.5) is 5.69 Å². The van der Waals surface area contributed by atoms with Crippen LogP contribution in [0.25, 0.3) is 5.57 Å². The Hall–Kier alpha value is -2.29. The summed E-state index contributed by atoms with van der Waals surface area (Å²) in [6, 6.07) is 11.6. The van der Waals surface area contributed by atoms with Crippen LogP contribution in [0.15, 0.2) is 48.7 Å². The summed E-state index contributed by atoms with van der Waals surface area (Å²) in [6.07, 6.45) is 4.07. The first-order valence-electron chi connectivity index (χ1n) is 7.18. The van der Waals surface area contributed by atoms with Crippen LogP contribution in [0.5, 0.6) is 5.75 Å². The molecule has 1 N–H and O–H groups in total. The Morgan fingerprint density at radius 2 is 2.00 bits per heavy atom. The van der Waals surface area contributed by atoms with E-state index in [-0.39, 0.29) is 5.54 Å². The van der Waals surface area contributed by atoms with E-state index in [4.69, 9.17) is 0 Å². The van der Waals surface area contributed by atoms with Crippen LogP contribution >= 0.6 is 0 Å². The second kappa shape index (κ2) is 4.92.